The fourth-order valence-electron chi connectivity index (χ4n) is 0.495. The molecule has 1 heterocycles. The predicted octanol–water partition coefficient (Wildman–Crippen LogP) is 1.02. The summed E-state index contributed by atoms with van der Waals surface area (Å²) < 4.78 is 0. The first kappa shape index (κ1) is 5.88. The fourth-order valence-corrected chi connectivity index (χ4v) is 0.495. The molecule has 0 radical (unpaired) electrons. The third kappa shape index (κ3) is 1.10. The summed E-state index contributed by atoms with van der Waals surface area (Å²) in [5.41, 5.74) is 0.570. The van der Waals surface area contributed by atoms with Gasteiger partial charge >= 0.3 is 0 Å². The number of nitrogens with zero attached hydrogens (tertiary/aromatic N) is 2. The highest BCUT2D eigenvalue weighted by molar-refractivity contribution is 6.21. The van der Waals surface area contributed by atoms with Crippen LogP contribution >= 0.6 is 0 Å². The van der Waals surface area contributed by atoms with Crippen LogP contribution in [0.4, 0.5) is 0 Å². The summed E-state index contributed by atoms with van der Waals surface area (Å²) >= 11 is 0. The Balaban J connectivity index is 2.95. The molecule has 0 atom stereocenters. The maximum Gasteiger partial charge on any atom is 0.154 e. The Morgan fingerprint density at radius 3 is 2.78 bits per heavy atom. The normalized spacial score (nSPS) is 18.1. The predicted molar refractivity (Wildman–Crippen MR) is 38.5 cm³/mol. The van der Waals surface area contributed by atoms with Gasteiger partial charge in [-0.15, -0.1) is 0 Å². The van der Waals surface area contributed by atoms with E-state index in [1.165, 1.54) is 0 Å². The van der Waals surface area contributed by atoms with Crippen LogP contribution in [0.2, 0.25) is 0 Å². The van der Waals surface area contributed by atoms with Crippen molar-refractivity contribution in [3.8, 4) is 0 Å². The fraction of sp³-hybridized carbons (Fsp3) is 0.167. The van der Waals surface area contributed by atoms with Gasteiger partial charge in [0.25, 0.3) is 0 Å². The molecule has 1 aliphatic rings. The zero-order valence-corrected chi connectivity index (χ0v) is 5.18. The van der Waals surface area contributed by atoms with Crippen LogP contribution in [-0.2, 0) is 0 Å². The van der Waals surface area contributed by atoms with Crippen LogP contribution in [0.5, 0.6) is 0 Å². The van der Waals surface area contributed by atoms with Gasteiger partial charge in [-0.1, -0.05) is 6.58 Å². The van der Waals surface area contributed by atoms with Crippen LogP contribution in [0.1, 0.15) is 6.92 Å². The Labute approximate surface area is 53.3 Å². The highest BCUT2D eigenvalue weighted by atomic mass is 15.0. The molecule has 1 aliphatic heterocycles. The number of hydrogen-bond acceptors (Lipinski definition) is 2. The standard InChI is InChI=1S/C6H7N3/c1-4-3-8-5(2)9-6(4)7/h3,7H,1H2,2H3. The van der Waals surface area contributed by atoms with Crippen molar-refractivity contribution >= 4 is 17.9 Å². The van der Waals surface area contributed by atoms with Gasteiger partial charge in [-0.05, 0) is 6.92 Å². The molecule has 0 amide bonds. The second-order valence-electron chi connectivity index (χ2n) is 1.79. The molecule has 0 fully saturated rings. The molecule has 0 bridgehead atoms. The zero-order valence-electron chi connectivity index (χ0n) is 5.18. The lowest BCUT2D eigenvalue weighted by molar-refractivity contribution is 1.40. The maximum absolute atomic E-state index is 7.15. The van der Waals surface area contributed by atoms with Gasteiger partial charge in [0.05, 0.1) is 0 Å². The maximum atomic E-state index is 7.15. The van der Waals surface area contributed by atoms with Crippen molar-refractivity contribution in [3.05, 3.63) is 12.2 Å². The molecule has 9 heavy (non-hydrogen) atoms. The van der Waals surface area contributed by atoms with Crippen molar-refractivity contribution in [1.82, 2.24) is 0 Å². The van der Waals surface area contributed by atoms with Crippen molar-refractivity contribution in [2.45, 2.75) is 6.92 Å². The minimum absolute atomic E-state index is 0.211. The van der Waals surface area contributed by atoms with Gasteiger partial charge in [-0.2, -0.15) is 0 Å². The van der Waals surface area contributed by atoms with E-state index in [1.807, 2.05) is 0 Å². The molecule has 46 valence electrons. The van der Waals surface area contributed by atoms with E-state index in [1.54, 1.807) is 13.1 Å². The van der Waals surface area contributed by atoms with Crippen molar-refractivity contribution in [2.75, 3.05) is 0 Å². The average Bonchev–Trinajstić information content (AvgIpc) is 1.80. The van der Waals surface area contributed by atoms with Gasteiger partial charge in [0.2, 0.25) is 0 Å². The van der Waals surface area contributed by atoms with Crippen molar-refractivity contribution in [3.63, 3.8) is 0 Å². The van der Waals surface area contributed by atoms with Crippen LogP contribution in [0.15, 0.2) is 22.1 Å². The highest BCUT2D eigenvalue weighted by Crippen LogP contribution is 1.98. The summed E-state index contributed by atoms with van der Waals surface area (Å²) in [5.74, 6) is 0.829. The molecule has 0 aromatic heterocycles. The van der Waals surface area contributed by atoms with Crippen LogP contribution in [0.3, 0.4) is 0 Å². The van der Waals surface area contributed by atoms with Crippen LogP contribution in [0.25, 0.3) is 0 Å². The SMILES string of the molecule is C=C1C=NC(C)=NC1=N. The lowest BCUT2D eigenvalue weighted by atomic mass is 10.3. The Bertz CT molecular complexity index is 222. The van der Waals surface area contributed by atoms with E-state index >= 15 is 0 Å². The molecule has 0 saturated heterocycles. The minimum atomic E-state index is 0.211. The molecule has 0 aliphatic carbocycles. The van der Waals surface area contributed by atoms with Crippen LogP contribution in [-0.4, -0.2) is 17.9 Å². The molecular formula is C6H7N3. The highest BCUT2D eigenvalue weighted by Gasteiger charge is 2.02. The van der Waals surface area contributed by atoms with Crippen molar-refractivity contribution in [1.29, 1.82) is 5.41 Å². The quantitative estimate of drug-likeness (QED) is 0.497. The first-order chi connectivity index (χ1) is 4.20. The van der Waals surface area contributed by atoms with Gasteiger partial charge in [-0.3, -0.25) is 5.41 Å². The smallest absolute Gasteiger partial charge is 0.154 e. The molecule has 1 N–H and O–H groups in total. The summed E-state index contributed by atoms with van der Waals surface area (Å²) in [4.78, 5) is 7.61. The summed E-state index contributed by atoms with van der Waals surface area (Å²) in [5, 5.41) is 7.15. The number of nitrogens with one attached hydrogen (secondary N) is 1. The third-order valence-corrected chi connectivity index (χ3v) is 0.985. The summed E-state index contributed by atoms with van der Waals surface area (Å²) in [6, 6.07) is 0. The summed E-state index contributed by atoms with van der Waals surface area (Å²) in [7, 11) is 0. The third-order valence-electron chi connectivity index (χ3n) is 0.985. The van der Waals surface area contributed by atoms with Gasteiger partial charge in [0.1, 0.15) is 5.84 Å². The van der Waals surface area contributed by atoms with Gasteiger partial charge in [0, 0.05) is 11.8 Å². The van der Waals surface area contributed by atoms with Crippen LogP contribution < -0.4 is 0 Å². The van der Waals surface area contributed by atoms with Gasteiger partial charge in [-0.25, -0.2) is 9.98 Å². The monoisotopic (exact) mass is 121 g/mol. The molecule has 3 heteroatoms. The summed E-state index contributed by atoms with van der Waals surface area (Å²) in [6.07, 6.45) is 1.55. The molecule has 0 aromatic rings. The molecule has 0 aromatic carbocycles. The summed E-state index contributed by atoms with van der Waals surface area (Å²) in [6.45, 7) is 5.30. The average molecular weight is 121 g/mol. The molecule has 1 rings (SSSR count). The number of rotatable bonds is 0. The largest absolute Gasteiger partial charge is 0.282 e. The number of hydrogen-bond donors (Lipinski definition) is 1. The molecule has 3 nitrogen and oxygen atoms in total. The lowest BCUT2D eigenvalue weighted by Gasteiger charge is -2.01. The number of aliphatic imine (C=N–C) groups is 2. The van der Waals surface area contributed by atoms with E-state index in [4.69, 9.17) is 5.41 Å². The van der Waals surface area contributed by atoms with E-state index < -0.39 is 0 Å². The van der Waals surface area contributed by atoms with Crippen molar-refractivity contribution < 1.29 is 0 Å². The van der Waals surface area contributed by atoms with E-state index in [0.29, 0.717) is 11.4 Å². The second kappa shape index (κ2) is 1.93. The molecule has 0 spiro atoms. The van der Waals surface area contributed by atoms with Gasteiger partial charge < -0.3 is 0 Å². The second-order valence-corrected chi connectivity index (χ2v) is 1.79. The van der Waals surface area contributed by atoms with E-state index in [0.717, 1.165) is 0 Å². The lowest BCUT2D eigenvalue weighted by Crippen LogP contribution is -2.06. The Hall–Kier alpha value is -1.25. The Kier molecular flexibility index (Phi) is 1.26. The topological polar surface area (TPSA) is 48.6 Å². The van der Waals surface area contributed by atoms with E-state index in [-0.39, 0.29) is 5.84 Å². The first-order valence-electron chi connectivity index (χ1n) is 2.57. The molecule has 0 saturated carbocycles. The Morgan fingerprint density at radius 1 is 1.67 bits per heavy atom. The van der Waals surface area contributed by atoms with Crippen molar-refractivity contribution in [2.24, 2.45) is 9.98 Å². The zero-order chi connectivity index (χ0) is 6.85. The van der Waals surface area contributed by atoms with Gasteiger partial charge in [0.15, 0.2) is 5.84 Å². The molecule has 0 unspecified atom stereocenters. The van der Waals surface area contributed by atoms with E-state index in [9.17, 15) is 0 Å². The Morgan fingerprint density at radius 2 is 2.33 bits per heavy atom. The minimum Gasteiger partial charge on any atom is -0.282 e. The van der Waals surface area contributed by atoms with Crippen LogP contribution in [0, 0.1) is 5.41 Å². The van der Waals surface area contributed by atoms with E-state index in [2.05, 4.69) is 16.6 Å². The molecular weight excluding hydrogens is 114 g/mol. The first-order valence-corrected chi connectivity index (χ1v) is 2.57. The number of amidine groups is 2.